The molecule has 0 saturated heterocycles. The summed E-state index contributed by atoms with van der Waals surface area (Å²) < 4.78 is 0. The third-order valence-electron chi connectivity index (χ3n) is 2.14. The Bertz CT molecular complexity index is 603. The molecule has 2 rings (SSSR count). The Hall–Kier alpha value is -1.85. The van der Waals surface area contributed by atoms with Crippen molar-refractivity contribution in [2.45, 2.75) is 0 Å². The van der Waals surface area contributed by atoms with Crippen LogP contribution < -0.4 is 11.1 Å². The Labute approximate surface area is 113 Å². The van der Waals surface area contributed by atoms with Gasteiger partial charge < -0.3 is 11.1 Å². The van der Waals surface area contributed by atoms with Gasteiger partial charge in [-0.15, -0.1) is 0 Å². The molecule has 0 unspecified atom stereocenters. The number of hydrogen-bond acceptors (Lipinski definition) is 4. The first-order valence-electron chi connectivity index (χ1n) is 4.91. The largest absolute Gasteiger partial charge is 0.382 e. The molecule has 0 bridgehead atoms. The van der Waals surface area contributed by atoms with Gasteiger partial charge in [0.05, 0.1) is 15.7 Å². The first-order chi connectivity index (χ1) is 8.59. The van der Waals surface area contributed by atoms with Crippen LogP contribution in [0.3, 0.4) is 0 Å². The van der Waals surface area contributed by atoms with Gasteiger partial charge >= 0.3 is 0 Å². The summed E-state index contributed by atoms with van der Waals surface area (Å²) in [6, 6.07) is 4.92. The molecule has 18 heavy (non-hydrogen) atoms. The quantitative estimate of drug-likeness (QED) is 0.887. The van der Waals surface area contributed by atoms with Crippen molar-refractivity contribution in [3.63, 3.8) is 0 Å². The first-order valence-corrected chi connectivity index (χ1v) is 5.67. The lowest BCUT2D eigenvalue weighted by Crippen LogP contribution is -2.16. The molecule has 0 atom stereocenters. The molecule has 7 heteroatoms. The van der Waals surface area contributed by atoms with Crippen molar-refractivity contribution < 1.29 is 4.79 Å². The molecule has 1 heterocycles. The van der Waals surface area contributed by atoms with Crippen LogP contribution in [0.25, 0.3) is 0 Å². The Kier molecular flexibility index (Phi) is 3.64. The summed E-state index contributed by atoms with van der Waals surface area (Å²) in [4.78, 5) is 19.5. The molecule has 5 nitrogen and oxygen atoms in total. The highest BCUT2D eigenvalue weighted by atomic mass is 35.5. The minimum atomic E-state index is -0.496. The first kappa shape index (κ1) is 12.6. The molecule has 0 aliphatic heterocycles. The predicted molar refractivity (Wildman–Crippen MR) is 70.9 cm³/mol. The molecule has 2 aromatic rings. The third-order valence-corrected chi connectivity index (χ3v) is 2.96. The molecule has 0 radical (unpaired) electrons. The molecule has 1 amide bonds. The summed E-state index contributed by atoms with van der Waals surface area (Å²) in [6.45, 7) is 0. The van der Waals surface area contributed by atoms with Gasteiger partial charge in [0.25, 0.3) is 5.91 Å². The average Bonchev–Trinajstić information content (AvgIpc) is 2.35. The predicted octanol–water partition coefficient (Wildman–Crippen LogP) is 2.62. The zero-order valence-corrected chi connectivity index (χ0v) is 10.5. The summed E-state index contributed by atoms with van der Waals surface area (Å²) in [5.74, 6) is -0.446. The number of nitrogens with zero attached hydrogens (tertiary/aromatic N) is 2. The fourth-order valence-corrected chi connectivity index (χ4v) is 1.65. The molecule has 0 fully saturated rings. The normalized spacial score (nSPS) is 10.1. The second-order valence-electron chi connectivity index (χ2n) is 3.35. The summed E-state index contributed by atoms with van der Waals surface area (Å²) in [5.41, 5.74) is 5.97. The topological polar surface area (TPSA) is 80.9 Å². The summed E-state index contributed by atoms with van der Waals surface area (Å²) in [7, 11) is 0. The maximum absolute atomic E-state index is 11.9. The van der Waals surface area contributed by atoms with Crippen molar-refractivity contribution >= 4 is 40.6 Å². The highest BCUT2D eigenvalue weighted by Gasteiger charge is 2.14. The molecule has 0 saturated carbocycles. The lowest BCUT2D eigenvalue weighted by atomic mass is 10.3. The highest BCUT2D eigenvalue weighted by Crippen LogP contribution is 2.29. The van der Waals surface area contributed by atoms with E-state index in [0.29, 0.717) is 10.7 Å². The van der Waals surface area contributed by atoms with Crippen molar-refractivity contribution in [2.75, 3.05) is 11.1 Å². The molecular weight excluding hydrogens is 275 g/mol. The van der Waals surface area contributed by atoms with Crippen LogP contribution in [0.5, 0.6) is 0 Å². The SMILES string of the molecule is Nc1nccnc1C(=O)Nc1cccc(Cl)c1Cl. The molecule has 1 aromatic carbocycles. The number of anilines is 2. The lowest BCUT2D eigenvalue weighted by molar-refractivity contribution is 0.102. The van der Waals surface area contributed by atoms with E-state index < -0.39 is 5.91 Å². The standard InChI is InChI=1S/C11H8Cl2N4O/c12-6-2-1-3-7(8(6)13)17-11(18)9-10(14)16-5-4-15-9/h1-5H,(H2,14,16)(H,17,18). The minimum absolute atomic E-state index is 0.0357. The van der Waals surface area contributed by atoms with Crippen molar-refractivity contribution in [3.05, 3.63) is 46.3 Å². The molecular formula is C11H8Cl2N4O. The van der Waals surface area contributed by atoms with E-state index in [-0.39, 0.29) is 16.5 Å². The van der Waals surface area contributed by atoms with E-state index in [2.05, 4.69) is 15.3 Å². The van der Waals surface area contributed by atoms with Gasteiger partial charge in [0.15, 0.2) is 11.5 Å². The molecule has 3 N–H and O–H groups in total. The van der Waals surface area contributed by atoms with Crippen LogP contribution in [0.4, 0.5) is 11.5 Å². The van der Waals surface area contributed by atoms with E-state index in [1.807, 2.05) is 0 Å². The fraction of sp³-hybridized carbons (Fsp3) is 0. The number of nitrogen functional groups attached to an aromatic ring is 1. The number of halogens is 2. The van der Waals surface area contributed by atoms with E-state index in [1.165, 1.54) is 12.4 Å². The van der Waals surface area contributed by atoms with Gasteiger partial charge in [-0.25, -0.2) is 9.97 Å². The van der Waals surface area contributed by atoms with Gasteiger partial charge in [0.2, 0.25) is 0 Å². The summed E-state index contributed by atoms with van der Waals surface area (Å²) >= 11 is 11.8. The van der Waals surface area contributed by atoms with E-state index in [9.17, 15) is 4.79 Å². The van der Waals surface area contributed by atoms with Crippen molar-refractivity contribution in [3.8, 4) is 0 Å². The van der Waals surface area contributed by atoms with Gasteiger partial charge in [0.1, 0.15) is 0 Å². The number of carbonyl (C=O) groups is 1. The lowest BCUT2D eigenvalue weighted by Gasteiger charge is -2.08. The molecule has 0 aliphatic rings. The number of benzene rings is 1. The molecule has 1 aromatic heterocycles. The van der Waals surface area contributed by atoms with Gasteiger partial charge in [-0.2, -0.15) is 0 Å². The fourth-order valence-electron chi connectivity index (χ4n) is 1.31. The molecule has 0 aliphatic carbocycles. The van der Waals surface area contributed by atoms with Crippen molar-refractivity contribution in [1.29, 1.82) is 0 Å². The number of rotatable bonds is 2. The average molecular weight is 283 g/mol. The van der Waals surface area contributed by atoms with Crippen LogP contribution in [0.15, 0.2) is 30.6 Å². The number of amides is 1. The highest BCUT2D eigenvalue weighted by molar-refractivity contribution is 6.44. The van der Waals surface area contributed by atoms with Crippen LogP contribution in [0.1, 0.15) is 10.5 Å². The molecule has 92 valence electrons. The Morgan fingerprint density at radius 2 is 1.94 bits per heavy atom. The van der Waals surface area contributed by atoms with Gasteiger partial charge in [-0.1, -0.05) is 29.3 Å². The third kappa shape index (κ3) is 2.52. The minimum Gasteiger partial charge on any atom is -0.382 e. The monoisotopic (exact) mass is 282 g/mol. The second-order valence-corrected chi connectivity index (χ2v) is 4.13. The number of nitrogens with two attached hydrogens (primary N) is 1. The maximum atomic E-state index is 11.9. The van der Waals surface area contributed by atoms with Gasteiger partial charge in [-0.3, -0.25) is 4.79 Å². The number of carbonyl (C=O) groups excluding carboxylic acids is 1. The van der Waals surface area contributed by atoms with Crippen LogP contribution in [-0.2, 0) is 0 Å². The zero-order chi connectivity index (χ0) is 13.1. The Morgan fingerprint density at radius 1 is 1.22 bits per heavy atom. The Balaban J connectivity index is 2.27. The molecule has 0 spiro atoms. The van der Waals surface area contributed by atoms with Crippen molar-refractivity contribution in [2.24, 2.45) is 0 Å². The van der Waals surface area contributed by atoms with E-state index >= 15 is 0 Å². The summed E-state index contributed by atoms with van der Waals surface area (Å²) in [5, 5.41) is 3.18. The van der Waals surface area contributed by atoms with Crippen LogP contribution in [0.2, 0.25) is 10.0 Å². The van der Waals surface area contributed by atoms with E-state index in [1.54, 1.807) is 18.2 Å². The van der Waals surface area contributed by atoms with Crippen molar-refractivity contribution in [1.82, 2.24) is 9.97 Å². The smallest absolute Gasteiger partial charge is 0.278 e. The second kappa shape index (κ2) is 5.20. The number of hydrogen-bond donors (Lipinski definition) is 2. The Morgan fingerprint density at radius 3 is 2.67 bits per heavy atom. The van der Waals surface area contributed by atoms with Gasteiger partial charge in [-0.05, 0) is 12.1 Å². The van der Waals surface area contributed by atoms with Crippen LogP contribution >= 0.6 is 23.2 Å². The number of aromatic nitrogens is 2. The maximum Gasteiger partial charge on any atom is 0.278 e. The van der Waals surface area contributed by atoms with Gasteiger partial charge in [0, 0.05) is 12.4 Å². The van der Waals surface area contributed by atoms with Crippen LogP contribution in [0, 0.1) is 0 Å². The number of nitrogens with one attached hydrogen (secondary N) is 1. The summed E-state index contributed by atoms with van der Waals surface area (Å²) in [6.07, 6.45) is 2.78. The van der Waals surface area contributed by atoms with E-state index in [4.69, 9.17) is 28.9 Å². The van der Waals surface area contributed by atoms with E-state index in [0.717, 1.165) is 0 Å². The zero-order valence-electron chi connectivity index (χ0n) is 9.02. The van der Waals surface area contributed by atoms with Crippen LogP contribution in [-0.4, -0.2) is 15.9 Å².